The molecule has 0 aromatic heterocycles. The minimum absolute atomic E-state index is 0.108. The number of ether oxygens (including phenoxy) is 4. The van der Waals surface area contributed by atoms with Gasteiger partial charge in [0.1, 0.15) is 11.5 Å². The first-order valence-corrected chi connectivity index (χ1v) is 9.55. The second-order valence-corrected chi connectivity index (χ2v) is 7.02. The molecule has 0 spiro atoms. The van der Waals surface area contributed by atoms with Gasteiger partial charge < -0.3 is 23.8 Å². The highest BCUT2D eigenvalue weighted by Crippen LogP contribution is 2.44. The Kier molecular flexibility index (Phi) is 6.67. The number of amides is 1. The summed E-state index contributed by atoms with van der Waals surface area (Å²) in [5.74, 6) is -0.229. The van der Waals surface area contributed by atoms with Gasteiger partial charge in [0.2, 0.25) is 19.0 Å². The van der Waals surface area contributed by atoms with Crippen LogP contribution in [0.3, 0.4) is 0 Å². The van der Waals surface area contributed by atoms with Gasteiger partial charge >= 0.3 is 6.18 Å². The minimum Gasteiger partial charge on any atom is -0.496 e. The highest BCUT2D eigenvalue weighted by Gasteiger charge is 2.35. The molecule has 170 valence electrons. The number of methoxy groups -OCH3 is 1. The first-order valence-electron chi connectivity index (χ1n) is 9.55. The monoisotopic (exact) mass is 449 g/mol. The van der Waals surface area contributed by atoms with Gasteiger partial charge in [-0.1, -0.05) is 38.3 Å². The lowest BCUT2D eigenvalue weighted by molar-refractivity contribution is -0.123. The number of para-hydroxylation sites is 1. The zero-order chi connectivity index (χ0) is 23.5. The van der Waals surface area contributed by atoms with Crippen LogP contribution in [-0.4, -0.2) is 33.0 Å². The molecule has 0 saturated carbocycles. The Hall–Kier alpha value is -3.62. The molecule has 6 nitrogen and oxygen atoms in total. The van der Waals surface area contributed by atoms with Crippen molar-refractivity contribution in [1.82, 2.24) is 0 Å². The number of carbonyl (C=O) groups excluding carboxylic acids is 1. The van der Waals surface area contributed by atoms with Gasteiger partial charge in [-0.25, -0.2) is 0 Å². The number of allylic oxidation sites excluding steroid dienone is 1. The molecule has 32 heavy (non-hydrogen) atoms. The molecule has 0 aliphatic carbocycles. The highest BCUT2D eigenvalue weighted by molar-refractivity contribution is 5.78. The van der Waals surface area contributed by atoms with Gasteiger partial charge in [0.15, 0.2) is 11.5 Å². The average molecular weight is 449 g/mol. The third kappa shape index (κ3) is 4.82. The fraction of sp³-hybridized carbons (Fsp3) is 0.261. The van der Waals surface area contributed by atoms with Gasteiger partial charge in [0.25, 0.3) is 0 Å². The van der Waals surface area contributed by atoms with Crippen LogP contribution in [0.5, 0.6) is 17.2 Å². The second-order valence-electron chi connectivity index (χ2n) is 7.02. The van der Waals surface area contributed by atoms with Gasteiger partial charge in [-0.15, -0.1) is 0 Å². The quantitative estimate of drug-likeness (QED) is 0.392. The molecule has 0 N–H and O–H groups in total. The Bertz CT molecular complexity index is 1030. The van der Waals surface area contributed by atoms with E-state index in [-0.39, 0.29) is 25.0 Å². The summed E-state index contributed by atoms with van der Waals surface area (Å²) in [7, 11) is 1.53. The lowest BCUT2D eigenvalue weighted by Crippen LogP contribution is -2.27. The number of rotatable bonds is 9. The first kappa shape index (κ1) is 23.1. The van der Waals surface area contributed by atoms with Crippen LogP contribution in [0.25, 0.3) is 0 Å². The summed E-state index contributed by atoms with van der Waals surface area (Å²) in [6.45, 7) is 8.07. The van der Waals surface area contributed by atoms with E-state index in [0.717, 1.165) is 11.1 Å². The SMILES string of the molecule is C=C(CN(C=O)c1ccccc1C(C)c1cc2c(cc1OC)OCO2)OC(=C)C(F)(F)F. The van der Waals surface area contributed by atoms with Crippen molar-refractivity contribution < 1.29 is 36.9 Å². The molecule has 0 fully saturated rings. The number of alkyl halides is 3. The van der Waals surface area contributed by atoms with E-state index >= 15 is 0 Å². The third-order valence-corrected chi connectivity index (χ3v) is 4.96. The number of benzene rings is 2. The number of halogens is 3. The van der Waals surface area contributed by atoms with Crippen LogP contribution < -0.4 is 19.1 Å². The van der Waals surface area contributed by atoms with E-state index in [0.29, 0.717) is 29.3 Å². The van der Waals surface area contributed by atoms with Crippen molar-refractivity contribution in [3.05, 3.63) is 72.2 Å². The molecule has 1 aliphatic rings. The smallest absolute Gasteiger partial charge is 0.448 e. The molecule has 1 atom stereocenters. The average Bonchev–Trinajstić information content (AvgIpc) is 3.22. The predicted octanol–water partition coefficient (Wildman–Crippen LogP) is 5.14. The fourth-order valence-electron chi connectivity index (χ4n) is 3.37. The van der Waals surface area contributed by atoms with Crippen molar-refractivity contribution in [3.8, 4) is 17.2 Å². The van der Waals surface area contributed by atoms with Gasteiger partial charge in [-0.2, -0.15) is 13.2 Å². The third-order valence-electron chi connectivity index (χ3n) is 4.96. The lowest BCUT2D eigenvalue weighted by Gasteiger charge is -2.26. The van der Waals surface area contributed by atoms with E-state index in [1.54, 1.807) is 24.3 Å². The Balaban J connectivity index is 1.90. The molecule has 1 unspecified atom stereocenters. The Morgan fingerprint density at radius 1 is 1.19 bits per heavy atom. The first-order chi connectivity index (χ1) is 15.2. The van der Waals surface area contributed by atoms with Crippen molar-refractivity contribution in [3.63, 3.8) is 0 Å². The molecule has 1 amide bonds. The van der Waals surface area contributed by atoms with Crippen LogP contribution in [0.4, 0.5) is 18.9 Å². The van der Waals surface area contributed by atoms with Crippen LogP contribution >= 0.6 is 0 Å². The number of carbonyl (C=O) groups is 1. The van der Waals surface area contributed by atoms with E-state index in [2.05, 4.69) is 17.9 Å². The summed E-state index contributed by atoms with van der Waals surface area (Å²) in [5, 5.41) is 0. The number of nitrogens with zero attached hydrogens (tertiary/aromatic N) is 1. The standard InChI is InChI=1S/C23H22F3NO5/c1-14(32-16(3)23(24,25)26)11-27(12-28)19-8-6-5-7-17(19)15(2)18-9-21-22(31-13-30-21)10-20(18)29-4/h5-10,12,15H,1,3,11,13H2,2,4H3. The molecular formula is C23H22F3NO5. The maximum atomic E-state index is 12.7. The zero-order valence-corrected chi connectivity index (χ0v) is 17.6. The highest BCUT2D eigenvalue weighted by atomic mass is 19.4. The van der Waals surface area contributed by atoms with Crippen LogP contribution in [0.1, 0.15) is 24.0 Å². The number of hydrogen-bond acceptors (Lipinski definition) is 5. The van der Waals surface area contributed by atoms with Crippen molar-refractivity contribution in [2.75, 3.05) is 25.3 Å². The van der Waals surface area contributed by atoms with Gasteiger partial charge in [0.05, 0.1) is 13.7 Å². The fourth-order valence-corrected chi connectivity index (χ4v) is 3.37. The van der Waals surface area contributed by atoms with Gasteiger partial charge in [-0.05, 0) is 17.7 Å². The van der Waals surface area contributed by atoms with Crippen molar-refractivity contribution >= 4 is 12.1 Å². The molecule has 3 rings (SSSR count). The summed E-state index contributed by atoms with van der Waals surface area (Å²) in [4.78, 5) is 13.1. The van der Waals surface area contributed by atoms with E-state index in [9.17, 15) is 18.0 Å². The summed E-state index contributed by atoms with van der Waals surface area (Å²) >= 11 is 0. The molecule has 1 heterocycles. The normalized spacial score (nSPS) is 13.3. The van der Waals surface area contributed by atoms with Crippen LogP contribution in [0, 0.1) is 0 Å². The number of fused-ring (bicyclic) bond motifs is 1. The van der Waals surface area contributed by atoms with E-state index in [4.69, 9.17) is 14.2 Å². The van der Waals surface area contributed by atoms with Gasteiger partial charge in [-0.3, -0.25) is 4.79 Å². The van der Waals surface area contributed by atoms with Crippen molar-refractivity contribution in [2.24, 2.45) is 0 Å². The summed E-state index contributed by atoms with van der Waals surface area (Å²) in [6.07, 6.45) is -4.22. The summed E-state index contributed by atoms with van der Waals surface area (Å²) in [5.41, 5.74) is 2.01. The van der Waals surface area contributed by atoms with Crippen LogP contribution in [-0.2, 0) is 9.53 Å². The summed E-state index contributed by atoms with van der Waals surface area (Å²) < 4.78 is 59.1. The van der Waals surface area contributed by atoms with Crippen molar-refractivity contribution in [2.45, 2.75) is 19.0 Å². The lowest BCUT2D eigenvalue weighted by atomic mass is 9.90. The van der Waals surface area contributed by atoms with Crippen LogP contribution in [0.15, 0.2) is 61.1 Å². The van der Waals surface area contributed by atoms with Crippen LogP contribution in [0.2, 0.25) is 0 Å². The van der Waals surface area contributed by atoms with Gasteiger partial charge in [0, 0.05) is 23.2 Å². The Labute approximate surface area is 183 Å². The molecule has 0 radical (unpaired) electrons. The molecule has 1 aliphatic heterocycles. The van der Waals surface area contributed by atoms with E-state index in [1.165, 1.54) is 12.0 Å². The molecular weight excluding hydrogens is 427 g/mol. The molecule has 9 heteroatoms. The maximum Gasteiger partial charge on any atom is 0.448 e. The van der Waals surface area contributed by atoms with Crippen molar-refractivity contribution in [1.29, 1.82) is 0 Å². The Morgan fingerprint density at radius 3 is 2.47 bits per heavy atom. The largest absolute Gasteiger partial charge is 0.496 e. The summed E-state index contributed by atoms with van der Waals surface area (Å²) in [6, 6.07) is 10.6. The zero-order valence-electron chi connectivity index (χ0n) is 17.6. The number of hydrogen-bond donors (Lipinski definition) is 0. The molecule has 2 aromatic carbocycles. The minimum atomic E-state index is -4.72. The maximum absolute atomic E-state index is 12.7. The predicted molar refractivity (Wildman–Crippen MR) is 112 cm³/mol. The van der Waals surface area contributed by atoms with E-state index in [1.807, 2.05) is 19.1 Å². The Morgan fingerprint density at radius 2 is 1.84 bits per heavy atom. The molecule has 0 saturated heterocycles. The number of anilines is 1. The molecule has 0 bridgehead atoms. The van der Waals surface area contributed by atoms with E-state index < -0.39 is 11.9 Å². The topological polar surface area (TPSA) is 57.2 Å². The second kappa shape index (κ2) is 9.25. The molecule has 2 aromatic rings.